The maximum absolute atomic E-state index is 12.7. The molecule has 162 valence electrons. The summed E-state index contributed by atoms with van der Waals surface area (Å²) in [6.07, 6.45) is 1.09. The number of nitrogens with one attached hydrogen (secondary N) is 1. The number of benzene rings is 3. The number of anilines is 1. The number of ether oxygens (including phenoxy) is 1. The molecular formula is C24H26N2O4S. The molecule has 3 aromatic rings. The van der Waals surface area contributed by atoms with Gasteiger partial charge in [0.1, 0.15) is 17.5 Å². The van der Waals surface area contributed by atoms with Gasteiger partial charge < -0.3 is 10.1 Å². The molecule has 0 bridgehead atoms. The molecule has 1 N–H and O–H groups in total. The molecule has 1 amide bonds. The lowest BCUT2D eigenvalue weighted by Crippen LogP contribution is -2.47. The van der Waals surface area contributed by atoms with Gasteiger partial charge in [0, 0.05) is 6.54 Å². The number of sulfonamides is 1. The Morgan fingerprint density at radius 3 is 2.10 bits per heavy atom. The Bertz CT molecular complexity index is 1110. The maximum Gasteiger partial charge on any atom is 0.243 e. The third-order valence-corrected chi connectivity index (χ3v) is 5.99. The molecule has 0 saturated heterocycles. The summed E-state index contributed by atoms with van der Waals surface area (Å²) in [6.45, 7) is 3.88. The summed E-state index contributed by atoms with van der Waals surface area (Å²) in [7, 11) is -3.69. The summed E-state index contributed by atoms with van der Waals surface area (Å²) in [5.74, 6) is 0.870. The molecule has 0 radical (unpaired) electrons. The van der Waals surface area contributed by atoms with Crippen molar-refractivity contribution in [3.8, 4) is 11.5 Å². The normalized spacial score (nSPS) is 12.1. The quantitative estimate of drug-likeness (QED) is 0.570. The van der Waals surface area contributed by atoms with Crippen molar-refractivity contribution in [3.63, 3.8) is 0 Å². The second kappa shape index (κ2) is 9.66. The molecule has 31 heavy (non-hydrogen) atoms. The number of nitrogens with zero attached hydrogens (tertiary/aromatic N) is 1. The van der Waals surface area contributed by atoms with Crippen LogP contribution in [0, 0.1) is 6.92 Å². The molecule has 0 aliphatic heterocycles. The Kier molecular flexibility index (Phi) is 6.97. The highest BCUT2D eigenvalue weighted by molar-refractivity contribution is 7.92. The fraction of sp³-hybridized carbons (Fsp3) is 0.208. The first-order valence-electron chi connectivity index (χ1n) is 9.89. The number of hydrogen-bond donors (Lipinski definition) is 1. The molecule has 3 rings (SSSR count). The van der Waals surface area contributed by atoms with Crippen LogP contribution in [-0.2, 0) is 21.4 Å². The Balaban J connectivity index is 1.73. The van der Waals surface area contributed by atoms with Crippen molar-refractivity contribution in [1.82, 2.24) is 5.32 Å². The number of carbonyl (C=O) groups is 1. The first kappa shape index (κ1) is 22.4. The minimum atomic E-state index is -3.69. The molecule has 7 heteroatoms. The zero-order chi connectivity index (χ0) is 22.4. The van der Waals surface area contributed by atoms with Gasteiger partial charge in [0.25, 0.3) is 0 Å². The Morgan fingerprint density at radius 1 is 0.935 bits per heavy atom. The van der Waals surface area contributed by atoms with E-state index in [1.165, 1.54) is 0 Å². The lowest BCUT2D eigenvalue weighted by Gasteiger charge is -2.28. The second-order valence-electron chi connectivity index (χ2n) is 7.35. The van der Waals surface area contributed by atoms with Gasteiger partial charge in [0.15, 0.2) is 0 Å². The lowest BCUT2D eigenvalue weighted by atomic mass is 10.1. The monoisotopic (exact) mass is 438 g/mol. The fourth-order valence-corrected chi connectivity index (χ4v) is 4.31. The van der Waals surface area contributed by atoms with Gasteiger partial charge in [0.05, 0.1) is 11.9 Å². The van der Waals surface area contributed by atoms with Crippen LogP contribution in [0.25, 0.3) is 0 Å². The third kappa shape index (κ3) is 6.08. The van der Waals surface area contributed by atoms with Crippen molar-refractivity contribution < 1.29 is 17.9 Å². The van der Waals surface area contributed by atoms with Gasteiger partial charge in [-0.15, -0.1) is 0 Å². The molecule has 6 nitrogen and oxygen atoms in total. The number of para-hydroxylation sites is 1. The van der Waals surface area contributed by atoms with E-state index in [4.69, 9.17) is 4.74 Å². The Morgan fingerprint density at radius 2 is 1.52 bits per heavy atom. The van der Waals surface area contributed by atoms with Crippen molar-refractivity contribution in [2.24, 2.45) is 0 Å². The van der Waals surface area contributed by atoms with Crippen molar-refractivity contribution in [3.05, 3.63) is 90.0 Å². The third-order valence-electron chi connectivity index (χ3n) is 4.75. The fourth-order valence-electron chi connectivity index (χ4n) is 3.14. The predicted octanol–water partition coefficient (Wildman–Crippen LogP) is 4.26. The van der Waals surface area contributed by atoms with Crippen LogP contribution in [0.1, 0.15) is 18.1 Å². The van der Waals surface area contributed by atoms with E-state index in [1.54, 1.807) is 31.2 Å². The number of rotatable bonds is 8. The summed E-state index contributed by atoms with van der Waals surface area (Å²) >= 11 is 0. The molecule has 0 spiro atoms. The van der Waals surface area contributed by atoms with Crippen LogP contribution in [0.5, 0.6) is 11.5 Å². The van der Waals surface area contributed by atoms with E-state index in [0.29, 0.717) is 23.7 Å². The molecule has 1 atom stereocenters. The average Bonchev–Trinajstić information content (AvgIpc) is 2.74. The number of hydrogen-bond acceptors (Lipinski definition) is 4. The van der Waals surface area contributed by atoms with E-state index >= 15 is 0 Å². The molecule has 0 saturated carbocycles. The smallest absolute Gasteiger partial charge is 0.243 e. The van der Waals surface area contributed by atoms with Crippen LogP contribution in [-0.4, -0.2) is 26.6 Å². The largest absolute Gasteiger partial charge is 0.457 e. The zero-order valence-electron chi connectivity index (χ0n) is 17.8. The van der Waals surface area contributed by atoms with Crippen molar-refractivity contribution in [2.75, 3.05) is 10.6 Å². The summed E-state index contributed by atoms with van der Waals surface area (Å²) in [4.78, 5) is 12.7. The van der Waals surface area contributed by atoms with Gasteiger partial charge in [-0.2, -0.15) is 0 Å². The number of aryl methyl sites for hydroxylation is 1. The van der Waals surface area contributed by atoms with Crippen molar-refractivity contribution in [1.29, 1.82) is 0 Å². The molecule has 0 heterocycles. The highest BCUT2D eigenvalue weighted by Gasteiger charge is 2.29. The minimum Gasteiger partial charge on any atom is -0.457 e. The highest BCUT2D eigenvalue weighted by Crippen LogP contribution is 2.27. The van der Waals surface area contributed by atoms with Crippen LogP contribution in [0.3, 0.4) is 0 Å². The molecular weight excluding hydrogens is 412 g/mol. The van der Waals surface area contributed by atoms with Crippen LogP contribution in [0.4, 0.5) is 5.69 Å². The second-order valence-corrected chi connectivity index (χ2v) is 9.21. The summed E-state index contributed by atoms with van der Waals surface area (Å²) in [5.41, 5.74) is 2.46. The number of amides is 1. The van der Waals surface area contributed by atoms with E-state index in [1.807, 2.05) is 61.5 Å². The molecule has 0 aliphatic carbocycles. The van der Waals surface area contributed by atoms with Crippen molar-refractivity contribution >= 4 is 21.6 Å². The van der Waals surface area contributed by atoms with E-state index in [-0.39, 0.29) is 5.91 Å². The first-order chi connectivity index (χ1) is 14.7. The van der Waals surface area contributed by atoms with Gasteiger partial charge >= 0.3 is 0 Å². The molecule has 3 aromatic carbocycles. The number of carbonyl (C=O) groups excluding carboxylic acids is 1. The van der Waals surface area contributed by atoms with Gasteiger partial charge in [0.2, 0.25) is 15.9 Å². The van der Waals surface area contributed by atoms with E-state index in [9.17, 15) is 13.2 Å². The van der Waals surface area contributed by atoms with Gasteiger partial charge in [-0.25, -0.2) is 8.42 Å². The van der Waals surface area contributed by atoms with E-state index < -0.39 is 16.1 Å². The minimum absolute atomic E-state index is 0.324. The van der Waals surface area contributed by atoms with Gasteiger partial charge in [-0.05, 0) is 55.8 Å². The van der Waals surface area contributed by atoms with Crippen LogP contribution >= 0.6 is 0 Å². The molecule has 0 aliphatic rings. The zero-order valence-corrected chi connectivity index (χ0v) is 18.6. The molecule has 0 aromatic heterocycles. The van der Waals surface area contributed by atoms with Crippen LogP contribution < -0.4 is 14.4 Å². The van der Waals surface area contributed by atoms with Crippen LogP contribution in [0.2, 0.25) is 0 Å². The highest BCUT2D eigenvalue weighted by atomic mass is 32.2. The SMILES string of the molecule is Cc1ccc(CNC(=O)[C@@H](C)N(c2ccc(Oc3ccccc3)cc2)S(C)(=O)=O)cc1. The van der Waals surface area contributed by atoms with E-state index in [0.717, 1.165) is 21.7 Å². The topological polar surface area (TPSA) is 75.7 Å². The standard InChI is InChI=1S/C24H26N2O4S/c1-18-9-11-20(12-10-18)17-25-24(27)19(2)26(31(3,28)29)21-13-15-23(16-14-21)30-22-7-5-4-6-8-22/h4-16,19H,17H2,1-3H3,(H,25,27)/t19-/m1/s1. The average molecular weight is 439 g/mol. The predicted molar refractivity (Wildman–Crippen MR) is 123 cm³/mol. The first-order valence-corrected chi connectivity index (χ1v) is 11.7. The van der Waals surface area contributed by atoms with Gasteiger partial charge in [-0.1, -0.05) is 48.0 Å². The van der Waals surface area contributed by atoms with Crippen LogP contribution in [0.15, 0.2) is 78.9 Å². The summed E-state index contributed by atoms with van der Waals surface area (Å²) in [5, 5.41) is 2.81. The van der Waals surface area contributed by atoms with Gasteiger partial charge in [-0.3, -0.25) is 9.10 Å². The van der Waals surface area contributed by atoms with Crippen molar-refractivity contribution in [2.45, 2.75) is 26.4 Å². The maximum atomic E-state index is 12.7. The van der Waals surface area contributed by atoms with E-state index in [2.05, 4.69) is 5.32 Å². The summed E-state index contributed by atoms with van der Waals surface area (Å²) < 4.78 is 31.8. The molecule has 0 unspecified atom stereocenters. The summed E-state index contributed by atoms with van der Waals surface area (Å²) in [6, 6.07) is 22.8. The Labute approximate surface area is 183 Å². The lowest BCUT2D eigenvalue weighted by molar-refractivity contribution is -0.122. The Hall–Kier alpha value is -3.32. The molecule has 0 fully saturated rings.